The molecular formula is C15H13Cl2N3OS. The van der Waals surface area contributed by atoms with Crippen LogP contribution < -0.4 is 0 Å². The van der Waals surface area contributed by atoms with Crippen LogP contribution in [0.1, 0.15) is 15.4 Å². The van der Waals surface area contributed by atoms with Crippen LogP contribution in [0.3, 0.4) is 0 Å². The van der Waals surface area contributed by atoms with Crippen LogP contribution in [0, 0.1) is 0 Å². The van der Waals surface area contributed by atoms with Gasteiger partial charge in [0.25, 0.3) is 5.91 Å². The normalized spacial score (nSPS) is 11.1. The largest absolute Gasteiger partial charge is 0.335 e. The number of fused-ring (bicyclic) bond motifs is 1. The summed E-state index contributed by atoms with van der Waals surface area (Å²) in [5.41, 5.74) is 0.787. The van der Waals surface area contributed by atoms with Gasteiger partial charge in [-0.1, -0.05) is 41.4 Å². The molecule has 3 aromatic rings. The van der Waals surface area contributed by atoms with Gasteiger partial charge in [-0.3, -0.25) is 9.48 Å². The molecule has 22 heavy (non-hydrogen) atoms. The van der Waals surface area contributed by atoms with Gasteiger partial charge in [-0.25, -0.2) is 0 Å². The molecule has 0 spiro atoms. The maximum atomic E-state index is 12.7. The van der Waals surface area contributed by atoms with Crippen molar-refractivity contribution in [1.29, 1.82) is 0 Å². The standard InChI is InChI=1S/C15H13Cl2N3OS/c1-19(8-11-10(16)7-18-20(11)2)15(21)14-13(17)9-5-3-4-6-12(9)22-14/h3-7H,8H2,1-2H3. The highest BCUT2D eigenvalue weighted by Gasteiger charge is 2.21. The molecule has 0 fully saturated rings. The monoisotopic (exact) mass is 353 g/mol. The Morgan fingerprint density at radius 3 is 2.73 bits per heavy atom. The molecule has 0 unspecified atom stereocenters. The van der Waals surface area contributed by atoms with E-state index in [0.717, 1.165) is 15.8 Å². The van der Waals surface area contributed by atoms with Gasteiger partial charge in [0.05, 0.1) is 28.5 Å². The van der Waals surface area contributed by atoms with Crippen molar-refractivity contribution in [3.8, 4) is 0 Å². The highest BCUT2D eigenvalue weighted by atomic mass is 35.5. The van der Waals surface area contributed by atoms with Crippen molar-refractivity contribution in [1.82, 2.24) is 14.7 Å². The van der Waals surface area contributed by atoms with Gasteiger partial charge in [0.15, 0.2) is 0 Å². The fourth-order valence-corrected chi connectivity index (χ4v) is 3.97. The van der Waals surface area contributed by atoms with Crippen molar-refractivity contribution in [2.75, 3.05) is 7.05 Å². The number of carbonyl (C=O) groups excluding carboxylic acids is 1. The molecule has 0 N–H and O–H groups in total. The molecule has 0 atom stereocenters. The minimum atomic E-state index is -0.122. The predicted molar refractivity (Wildman–Crippen MR) is 90.9 cm³/mol. The molecule has 0 saturated heterocycles. The Bertz CT molecular complexity index is 836. The van der Waals surface area contributed by atoms with Crippen molar-refractivity contribution in [2.24, 2.45) is 7.05 Å². The van der Waals surface area contributed by atoms with Gasteiger partial charge in [0.1, 0.15) is 4.88 Å². The summed E-state index contributed by atoms with van der Waals surface area (Å²) in [6.07, 6.45) is 1.57. The first-order chi connectivity index (χ1) is 10.5. The zero-order valence-corrected chi connectivity index (χ0v) is 14.3. The first-order valence-corrected chi connectivity index (χ1v) is 8.15. The number of thiophene rings is 1. The first kappa shape index (κ1) is 15.3. The van der Waals surface area contributed by atoms with Crippen molar-refractivity contribution in [3.63, 3.8) is 0 Å². The van der Waals surface area contributed by atoms with Gasteiger partial charge in [0, 0.05) is 24.2 Å². The first-order valence-electron chi connectivity index (χ1n) is 6.58. The Morgan fingerprint density at radius 1 is 1.36 bits per heavy atom. The van der Waals surface area contributed by atoms with Gasteiger partial charge < -0.3 is 4.90 Å². The number of carbonyl (C=O) groups is 1. The summed E-state index contributed by atoms with van der Waals surface area (Å²) in [6, 6.07) is 7.72. The third kappa shape index (κ3) is 2.60. The second-order valence-electron chi connectivity index (χ2n) is 4.97. The van der Waals surface area contributed by atoms with E-state index in [1.165, 1.54) is 11.3 Å². The molecule has 114 valence electrons. The smallest absolute Gasteiger partial charge is 0.265 e. The van der Waals surface area contributed by atoms with Crippen LogP contribution in [-0.2, 0) is 13.6 Å². The van der Waals surface area contributed by atoms with Gasteiger partial charge in [-0.05, 0) is 6.07 Å². The second-order valence-corrected chi connectivity index (χ2v) is 6.80. The molecule has 0 saturated carbocycles. The van der Waals surface area contributed by atoms with Crippen molar-refractivity contribution in [3.05, 3.63) is 51.1 Å². The summed E-state index contributed by atoms with van der Waals surface area (Å²) >= 11 is 13.9. The Balaban J connectivity index is 1.90. The Labute approximate surface area is 141 Å². The van der Waals surface area contributed by atoms with E-state index in [4.69, 9.17) is 23.2 Å². The summed E-state index contributed by atoms with van der Waals surface area (Å²) in [5, 5.41) is 6.04. The lowest BCUT2D eigenvalue weighted by molar-refractivity contribution is 0.0787. The Kier molecular flexibility index (Phi) is 4.12. The lowest BCUT2D eigenvalue weighted by atomic mass is 10.2. The maximum absolute atomic E-state index is 12.7. The molecule has 0 aliphatic heterocycles. The van der Waals surface area contributed by atoms with Crippen LogP contribution in [0.4, 0.5) is 0 Å². The zero-order valence-electron chi connectivity index (χ0n) is 12.0. The van der Waals surface area contributed by atoms with Gasteiger partial charge in [-0.2, -0.15) is 5.10 Å². The van der Waals surface area contributed by atoms with Gasteiger partial charge >= 0.3 is 0 Å². The summed E-state index contributed by atoms with van der Waals surface area (Å²) in [7, 11) is 3.53. The van der Waals surface area contributed by atoms with E-state index in [1.54, 1.807) is 29.9 Å². The van der Waals surface area contributed by atoms with Crippen LogP contribution in [0.15, 0.2) is 30.5 Å². The van der Waals surface area contributed by atoms with Crippen LogP contribution in [-0.4, -0.2) is 27.6 Å². The third-order valence-corrected chi connectivity index (χ3v) is 5.45. The van der Waals surface area contributed by atoms with E-state index in [9.17, 15) is 4.79 Å². The molecule has 1 aromatic carbocycles. The fraction of sp³-hybridized carbons (Fsp3) is 0.200. The highest BCUT2D eigenvalue weighted by molar-refractivity contribution is 7.21. The fourth-order valence-electron chi connectivity index (χ4n) is 2.24. The minimum absolute atomic E-state index is 0.122. The molecule has 3 rings (SSSR count). The Morgan fingerprint density at radius 2 is 2.09 bits per heavy atom. The molecule has 0 aliphatic carbocycles. The number of aromatic nitrogens is 2. The van der Waals surface area contributed by atoms with Gasteiger partial charge in [0.2, 0.25) is 0 Å². The maximum Gasteiger partial charge on any atom is 0.265 e. The SMILES string of the molecule is CN(Cc1c(Cl)cnn1C)C(=O)c1sc2ccccc2c1Cl. The Hall–Kier alpha value is -1.56. The lowest BCUT2D eigenvalue weighted by Crippen LogP contribution is -2.26. The molecule has 0 bridgehead atoms. The van der Waals surface area contributed by atoms with Crippen molar-refractivity contribution < 1.29 is 4.79 Å². The van der Waals surface area contributed by atoms with E-state index in [2.05, 4.69) is 5.10 Å². The quantitative estimate of drug-likeness (QED) is 0.707. The number of halogens is 2. The minimum Gasteiger partial charge on any atom is -0.335 e. The van der Waals surface area contributed by atoms with E-state index >= 15 is 0 Å². The molecule has 0 aliphatic rings. The van der Waals surface area contributed by atoms with E-state index in [1.807, 2.05) is 24.3 Å². The number of amides is 1. The summed E-state index contributed by atoms with van der Waals surface area (Å²) in [5.74, 6) is -0.122. The van der Waals surface area contributed by atoms with Crippen LogP contribution >= 0.6 is 34.5 Å². The average Bonchev–Trinajstić information content (AvgIpc) is 3.01. The van der Waals surface area contributed by atoms with Crippen LogP contribution in [0.5, 0.6) is 0 Å². The number of hydrogen-bond donors (Lipinski definition) is 0. The number of benzene rings is 1. The van der Waals surface area contributed by atoms with Gasteiger partial charge in [-0.15, -0.1) is 11.3 Å². The number of aryl methyl sites for hydroxylation is 1. The highest BCUT2D eigenvalue weighted by Crippen LogP contribution is 2.36. The van der Waals surface area contributed by atoms with Crippen LogP contribution in [0.25, 0.3) is 10.1 Å². The molecule has 4 nitrogen and oxygen atoms in total. The number of hydrogen-bond acceptors (Lipinski definition) is 3. The predicted octanol–water partition coefficient (Wildman–Crippen LogP) is 4.21. The van der Waals surface area contributed by atoms with Crippen molar-refractivity contribution in [2.45, 2.75) is 6.54 Å². The molecule has 0 radical (unpaired) electrons. The van der Waals surface area contributed by atoms with E-state index in [0.29, 0.717) is 21.5 Å². The second kappa shape index (κ2) is 5.91. The topological polar surface area (TPSA) is 38.1 Å². The summed E-state index contributed by atoms with van der Waals surface area (Å²) in [4.78, 5) is 14.8. The molecule has 7 heteroatoms. The lowest BCUT2D eigenvalue weighted by Gasteiger charge is -2.17. The van der Waals surface area contributed by atoms with Crippen LogP contribution in [0.2, 0.25) is 10.0 Å². The molecule has 1 amide bonds. The third-order valence-electron chi connectivity index (χ3n) is 3.47. The number of rotatable bonds is 3. The van der Waals surface area contributed by atoms with E-state index in [-0.39, 0.29) is 5.91 Å². The summed E-state index contributed by atoms with van der Waals surface area (Å²) in [6.45, 7) is 0.374. The average molecular weight is 354 g/mol. The molecular weight excluding hydrogens is 341 g/mol. The number of nitrogens with zero attached hydrogens (tertiary/aromatic N) is 3. The summed E-state index contributed by atoms with van der Waals surface area (Å²) < 4.78 is 2.67. The van der Waals surface area contributed by atoms with Crippen molar-refractivity contribution >= 4 is 50.5 Å². The molecule has 2 aromatic heterocycles. The zero-order chi connectivity index (χ0) is 15.9. The molecule has 2 heterocycles. The van der Waals surface area contributed by atoms with E-state index < -0.39 is 0 Å².